The summed E-state index contributed by atoms with van der Waals surface area (Å²) in [5, 5.41) is 5.72. The van der Waals surface area contributed by atoms with Crippen molar-refractivity contribution in [3.63, 3.8) is 0 Å². The molecule has 2 aliphatic rings. The maximum absolute atomic E-state index is 13.1. The molecule has 1 amide bonds. The van der Waals surface area contributed by atoms with E-state index in [0.29, 0.717) is 61.4 Å². The van der Waals surface area contributed by atoms with Crippen LogP contribution < -0.4 is 25.0 Å². The zero-order valence-corrected chi connectivity index (χ0v) is 32.7. The SMILES string of the molecule is CCN[C@H]1C[C@H](C)S(=O)(=O)c2sc(S(=O)(=O)NC(=O)[C@H](C)OC(=O)CCC(=O)OC(CNC(C)(C)C)COc3nsnc3N3CCOCC3)cc21. The summed E-state index contributed by atoms with van der Waals surface area (Å²) in [5.74, 6) is -1.90. The van der Waals surface area contributed by atoms with Gasteiger partial charge in [-0.05, 0) is 53.7 Å². The standard InChI is InChI=1S/C30H46N6O11S4/c1-7-31-22-14-18(2)50(40,41)29-21(22)15-25(48-29)51(42,43)35-27(39)19(3)46-23(37)8-9-24(38)47-20(16-32-30(4,5)6)17-45-28-26(33-49-34-28)36-10-12-44-13-11-36/h15,18-20,22,31-32H,7-14,16-17H2,1-6H3,(H,35,39)/t18-,19-,20?,22-/m0/s1. The highest BCUT2D eigenvalue weighted by Crippen LogP contribution is 2.42. The van der Waals surface area contributed by atoms with E-state index in [0.717, 1.165) is 11.7 Å². The van der Waals surface area contributed by atoms with E-state index in [9.17, 15) is 31.2 Å². The second-order valence-electron chi connectivity index (χ2n) is 13.2. The van der Waals surface area contributed by atoms with Crippen LogP contribution in [-0.4, -0.2) is 112 Å². The van der Waals surface area contributed by atoms with Crippen molar-refractivity contribution in [3.8, 4) is 5.88 Å². The van der Waals surface area contributed by atoms with Crippen LogP contribution in [0.15, 0.2) is 14.5 Å². The first kappa shape index (κ1) is 40.8. The van der Waals surface area contributed by atoms with Crippen molar-refractivity contribution in [2.45, 2.75) is 98.3 Å². The Kier molecular flexibility index (Phi) is 13.8. The van der Waals surface area contributed by atoms with Gasteiger partial charge in [-0.3, -0.25) is 14.4 Å². The van der Waals surface area contributed by atoms with Crippen molar-refractivity contribution in [1.29, 1.82) is 0 Å². The highest BCUT2D eigenvalue weighted by molar-refractivity contribution is 7.95. The Bertz CT molecular complexity index is 1750. The summed E-state index contributed by atoms with van der Waals surface area (Å²) in [6.45, 7) is 13.6. The van der Waals surface area contributed by atoms with Crippen LogP contribution in [0.3, 0.4) is 0 Å². The molecule has 2 aromatic rings. The Morgan fingerprint density at radius 2 is 1.78 bits per heavy atom. The molecule has 0 aliphatic carbocycles. The Morgan fingerprint density at radius 3 is 2.43 bits per heavy atom. The number of hydrogen-bond donors (Lipinski definition) is 3. The number of thiophene rings is 1. The first-order valence-electron chi connectivity index (χ1n) is 16.5. The Labute approximate surface area is 306 Å². The minimum Gasteiger partial charge on any atom is -0.470 e. The number of ether oxygens (including phenoxy) is 4. The number of esters is 2. The monoisotopic (exact) mass is 794 g/mol. The van der Waals surface area contributed by atoms with Gasteiger partial charge in [0, 0.05) is 36.8 Å². The van der Waals surface area contributed by atoms with Gasteiger partial charge < -0.3 is 34.5 Å². The van der Waals surface area contributed by atoms with E-state index in [-0.39, 0.29) is 46.0 Å². The number of aromatic nitrogens is 2. The lowest BCUT2D eigenvalue weighted by atomic mass is 10.1. The van der Waals surface area contributed by atoms with Crippen LogP contribution in [0.5, 0.6) is 5.88 Å². The largest absolute Gasteiger partial charge is 0.470 e. The molecule has 286 valence electrons. The summed E-state index contributed by atoms with van der Waals surface area (Å²) in [6.07, 6.45) is -2.85. The van der Waals surface area contributed by atoms with Gasteiger partial charge in [0.25, 0.3) is 21.8 Å². The van der Waals surface area contributed by atoms with E-state index in [4.69, 9.17) is 18.9 Å². The number of morpholine rings is 1. The molecule has 1 unspecified atom stereocenters. The van der Waals surface area contributed by atoms with Crippen LogP contribution >= 0.6 is 23.1 Å². The van der Waals surface area contributed by atoms with Crippen molar-refractivity contribution in [3.05, 3.63) is 11.6 Å². The summed E-state index contributed by atoms with van der Waals surface area (Å²) in [5.41, 5.74) is 0.0354. The third-order valence-corrected chi connectivity index (χ3v) is 14.1. The maximum Gasteiger partial charge on any atom is 0.307 e. The van der Waals surface area contributed by atoms with Crippen LogP contribution in [0.1, 0.15) is 72.4 Å². The molecule has 51 heavy (non-hydrogen) atoms. The normalized spacial score (nSPS) is 20.2. The van der Waals surface area contributed by atoms with Crippen LogP contribution in [-0.2, 0) is 48.5 Å². The number of fused-ring (bicyclic) bond motifs is 1. The van der Waals surface area contributed by atoms with Gasteiger partial charge in [0.15, 0.2) is 15.9 Å². The summed E-state index contributed by atoms with van der Waals surface area (Å²) < 4.78 is 84.1. The van der Waals surface area contributed by atoms with Crippen LogP contribution in [0, 0.1) is 0 Å². The molecule has 0 spiro atoms. The molecule has 1 fully saturated rings. The molecule has 1 saturated heterocycles. The second-order valence-corrected chi connectivity index (χ2v) is 19.2. The smallest absolute Gasteiger partial charge is 0.307 e. The molecule has 0 saturated carbocycles. The Hall–Kier alpha value is -2.95. The number of sulfonamides is 1. The van der Waals surface area contributed by atoms with Crippen molar-refractivity contribution >= 4 is 66.6 Å². The van der Waals surface area contributed by atoms with Gasteiger partial charge >= 0.3 is 11.9 Å². The van der Waals surface area contributed by atoms with Crippen LogP contribution in [0.25, 0.3) is 0 Å². The fraction of sp³-hybridized carbons (Fsp3) is 0.700. The zero-order valence-electron chi connectivity index (χ0n) is 29.4. The number of rotatable bonds is 16. The molecule has 2 aliphatic heterocycles. The lowest BCUT2D eigenvalue weighted by Gasteiger charge is -2.27. The summed E-state index contributed by atoms with van der Waals surface area (Å²) in [6, 6.07) is 0.882. The topological polar surface area (TPSA) is 222 Å². The molecule has 4 heterocycles. The van der Waals surface area contributed by atoms with Crippen LogP contribution in [0.2, 0.25) is 0 Å². The van der Waals surface area contributed by atoms with E-state index in [1.807, 2.05) is 37.3 Å². The van der Waals surface area contributed by atoms with E-state index in [2.05, 4.69) is 19.4 Å². The van der Waals surface area contributed by atoms with Crippen molar-refractivity contribution in [2.75, 3.05) is 50.9 Å². The number of carbonyl (C=O) groups is 3. The fourth-order valence-corrected chi connectivity index (χ4v) is 10.7. The van der Waals surface area contributed by atoms with Crippen molar-refractivity contribution in [2.24, 2.45) is 0 Å². The molecule has 0 bridgehead atoms. The summed E-state index contributed by atoms with van der Waals surface area (Å²) in [7, 11) is -8.25. The third kappa shape index (κ3) is 11.0. The average Bonchev–Trinajstić information content (AvgIpc) is 3.73. The molecule has 21 heteroatoms. The number of sulfone groups is 1. The van der Waals surface area contributed by atoms with E-state index in [1.54, 1.807) is 6.92 Å². The lowest BCUT2D eigenvalue weighted by molar-refractivity contribution is -0.158. The second kappa shape index (κ2) is 17.3. The third-order valence-electron chi connectivity index (χ3n) is 7.91. The molecule has 0 radical (unpaired) electrons. The number of carbonyl (C=O) groups excluding carboxylic acids is 3. The average molecular weight is 795 g/mol. The highest BCUT2D eigenvalue weighted by atomic mass is 32.3. The van der Waals surface area contributed by atoms with Gasteiger partial charge in [0.2, 0.25) is 5.82 Å². The minimum absolute atomic E-state index is 0.0400. The molecule has 3 N–H and O–H groups in total. The molecular weight excluding hydrogens is 749 g/mol. The van der Waals surface area contributed by atoms with E-state index in [1.165, 1.54) is 13.0 Å². The van der Waals surface area contributed by atoms with Gasteiger partial charge in [0.05, 0.1) is 43.0 Å². The number of nitrogens with one attached hydrogen (secondary N) is 3. The maximum atomic E-state index is 13.1. The highest BCUT2D eigenvalue weighted by Gasteiger charge is 2.40. The first-order valence-corrected chi connectivity index (χ1v) is 21.1. The predicted molar refractivity (Wildman–Crippen MR) is 188 cm³/mol. The quantitative estimate of drug-likeness (QED) is 0.205. The van der Waals surface area contributed by atoms with Gasteiger partial charge in [-0.2, -0.15) is 4.37 Å². The Balaban J connectivity index is 1.29. The predicted octanol–water partition coefficient (Wildman–Crippen LogP) is 1.55. The lowest BCUT2D eigenvalue weighted by Crippen LogP contribution is -2.44. The molecule has 4 rings (SSSR count). The van der Waals surface area contributed by atoms with Gasteiger partial charge in [-0.25, -0.2) is 21.6 Å². The zero-order chi connectivity index (χ0) is 37.6. The number of nitrogens with zero attached hydrogens (tertiary/aromatic N) is 3. The number of anilines is 1. The number of hydrogen-bond acceptors (Lipinski definition) is 18. The molecule has 0 aromatic carbocycles. The summed E-state index contributed by atoms with van der Waals surface area (Å²) in [4.78, 5) is 40.1. The van der Waals surface area contributed by atoms with Gasteiger partial charge in [-0.1, -0.05) is 6.92 Å². The molecular formula is C30H46N6O11S4. The minimum atomic E-state index is -4.50. The van der Waals surface area contributed by atoms with Gasteiger partial charge in [-0.15, -0.1) is 15.7 Å². The molecule has 4 atom stereocenters. The van der Waals surface area contributed by atoms with E-state index >= 15 is 0 Å². The fourth-order valence-electron chi connectivity index (χ4n) is 5.16. The van der Waals surface area contributed by atoms with Crippen molar-refractivity contribution in [1.82, 2.24) is 24.1 Å². The molecule has 2 aromatic heterocycles. The van der Waals surface area contributed by atoms with Crippen molar-refractivity contribution < 1.29 is 50.2 Å². The Morgan fingerprint density at radius 1 is 1.12 bits per heavy atom. The first-order chi connectivity index (χ1) is 23.9. The van der Waals surface area contributed by atoms with Gasteiger partial charge in [0.1, 0.15) is 21.1 Å². The van der Waals surface area contributed by atoms with E-state index < -0.39 is 61.6 Å². The van der Waals surface area contributed by atoms with Crippen LogP contribution in [0.4, 0.5) is 5.82 Å². The number of amides is 1. The molecule has 17 nitrogen and oxygen atoms in total. The summed E-state index contributed by atoms with van der Waals surface area (Å²) >= 11 is 1.57.